The molecule has 0 bridgehead atoms. The predicted molar refractivity (Wildman–Crippen MR) is 57.5 cm³/mol. The van der Waals surface area contributed by atoms with Crippen molar-refractivity contribution in [3.8, 4) is 6.01 Å². The zero-order valence-corrected chi connectivity index (χ0v) is 9.37. The molecule has 0 amide bonds. The second-order valence-corrected chi connectivity index (χ2v) is 3.78. The van der Waals surface area contributed by atoms with Gasteiger partial charge in [-0.3, -0.25) is 0 Å². The number of hydrogen-bond donors (Lipinski definition) is 0. The van der Waals surface area contributed by atoms with E-state index in [0.717, 1.165) is 13.1 Å². The third-order valence-electron chi connectivity index (χ3n) is 2.40. The standard InChI is InChI=1S/C9H13ClN4O/c1-15-9-12-7(10)11-8(13-9)14-5-3-2-4-6-14/h2-6H2,1H3. The maximum absolute atomic E-state index is 5.78. The van der Waals surface area contributed by atoms with Gasteiger partial charge in [-0.15, -0.1) is 0 Å². The SMILES string of the molecule is COc1nc(Cl)nc(N2CCCCC2)n1. The van der Waals surface area contributed by atoms with Gasteiger partial charge in [0.1, 0.15) is 0 Å². The first-order chi connectivity index (χ1) is 7.29. The third kappa shape index (κ3) is 2.47. The van der Waals surface area contributed by atoms with E-state index in [0.29, 0.717) is 5.95 Å². The van der Waals surface area contributed by atoms with Crippen molar-refractivity contribution in [3.63, 3.8) is 0 Å². The molecule has 1 aliphatic rings. The molecule has 6 heteroatoms. The van der Waals surface area contributed by atoms with Gasteiger partial charge in [-0.05, 0) is 30.9 Å². The van der Waals surface area contributed by atoms with Crippen LogP contribution in [-0.2, 0) is 0 Å². The van der Waals surface area contributed by atoms with E-state index in [1.54, 1.807) is 0 Å². The molecule has 1 aromatic rings. The quantitative estimate of drug-likeness (QED) is 0.768. The molecule has 15 heavy (non-hydrogen) atoms. The van der Waals surface area contributed by atoms with Crippen LogP contribution >= 0.6 is 11.6 Å². The highest BCUT2D eigenvalue weighted by molar-refractivity contribution is 6.28. The molecule has 2 heterocycles. The number of aromatic nitrogens is 3. The van der Waals surface area contributed by atoms with Gasteiger partial charge in [0.2, 0.25) is 11.2 Å². The van der Waals surface area contributed by atoms with Crippen molar-refractivity contribution in [1.29, 1.82) is 0 Å². The Morgan fingerprint density at radius 1 is 1.13 bits per heavy atom. The summed E-state index contributed by atoms with van der Waals surface area (Å²) in [5.74, 6) is 0.617. The molecular weight excluding hydrogens is 216 g/mol. The highest BCUT2D eigenvalue weighted by Gasteiger charge is 2.15. The van der Waals surface area contributed by atoms with Crippen LogP contribution in [-0.4, -0.2) is 35.2 Å². The summed E-state index contributed by atoms with van der Waals surface area (Å²) in [7, 11) is 1.52. The van der Waals surface area contributed by atoms with E-state index in [9.17, 15) is 0 Å². The van der Waals surface area contributed by atoms with Crippen LogP contribution in [0.3, 0.4) is 0 Å². The summed E-state index contributed by atoms with van der Waals surface area (Å²) in [6, 6.07) is 0.274. The predicted octanol–water partition coefficient (Wildman–Crippen LogP) is 1.52. The summed E-state index contributed by atoms with van der Waals surface area (Å²) in [4.78, 5) is 14.2. The van der Waals surface area contributed by atoms with Gasteiger partial charge in [-0.25, -0.2) is 0 Å². The lowest BCUT2D eigenvalue weighted by Gasteiger charge is -2.26. The highest BCUT2D eigenvalue weighted by atomic mass is 35.5. The third-order valence-corrected chi connectivity index (χ3v) is 2.57. The van der Waals surface area contributed by atoms with Crippen molar-refractivity contribution in [2.24, 2.45) is 0 Å². The Bertz CT molecular complexity index is 341. The fourth-order valence-corrected chi connectivity index (χ4v) is 1.80. The molecule has 0 N–H and O–H groups in total. The van der Waals surface area contributed by atoms with Crippen LogP contribution in [0.25, 0.3) is 0 Å². The Morgan fingerprint density at radius 2 is 1.87 bits per heavy atom. The molecule has 82 valence electrons. The van der Waals surface area contributed by atoms with Crippen LogP contribution in [0.1, 0.15) is 19.3 Å². The molecule has 0 unspecified atom stereocenters. The number of halogens is 1. The molecule has 5 nitrogen and oxygen atoms in total. The Morgan fingerprint density at radius 3 is 2.53 bits per heavy atom. The second-order valence-electron chi connectivity index (χ2n) is 3.44. The first-order valence-corrected chi connectivity index (χ1v) is 5.38. The number of piperidine rings is 1. The van der Waals surface area contributed by atoms with Crippen LogP contribution < -0.4 is 9.64 Å². The van der Waals surface area contributed by atoms with E-state index in [1.165, 1.54) is 26.4 Å². The summed E-state index contributed by atoms with van der Waals surface area (Å²) in [5, 5.41) is 0.183. The number of nitrogens with zero attached hydrogens (tertiary/aromatic N) is 4. The van der Waals surface area contributed by atoms with Crippen molar-refractivity contribution < 1.29 is 4.74 Å². The van der Waals surface area contributed by atoms with Crippen molar-refractivity contribution >= 4 is 17.5 Å². The Labute approximate surface area is 93.5 Å². The van der Waals surface area contributed by atoms with Crippen molar-refractivity contribution in [1.82, 2.24) is 15.0 Å². The van der Waals surface area contributed by atoms with Gasteiger partial charge in [0.25, 0.3) is 0 Å². The number of rotatable bonds is 2. The summed E-state index contributed by atoms with van der Waals surface area (Å²) in [5.41, 5.74) is 0. The van der Waals surface area contributed by atoms with E-state index in [1.807, 2.05) is 0 Å². The van der Waals surface area contributed by atoms with E-state index in [4.69, 9.17) is 16.3 Å². The minimum Gasteiger partial charge on any atom is -0.467 e. The molecule has 0 aliphatic carbocycles. The van der Waals surface area contributed by atoms with Crippen molar-refractivity contribution in [3.05, 3.63) is 5.28 Å². The van der Waals surface area contributed by atoms with Crippen LogP contribution in [0.2, 0.25) is 5.28 Å². The fourth-order valence-electron chi connectivity index (χ4n) is 1.65. The smallest absolute Gasteiger partial charge is 0.322 e. The first-order valence-electron chi connectivity index (χ1n) is 5.00. The lowest BCUT2D eigenvalue weighted by Crippen LogP contribution is -2.31. The van der Waals surface area contributed by atoms with Gasteiger partial charge in [0.15, 0.2) is 0 Å². The van der Waals surface area contributed by atoms with E-state index in [-0.39, 0.29) is 11.3 Å². The number of hydrogen-bond acceptors (Lipinski definition) is 5. The zero-order chi connectivity index (χ0) is 10.7. The second kappa shape index (κ2) is 4.61. The van der Waals surface area contributed by atoms with Crippen molar-refractivity contribution in [2.45, 2.75) is 19.3 Å². The van der Waals surface area contributed by atoms with Crippen LogP contribution in [0.5, 0.6) is 6.01 Å². The van der Waals surface area contributed by atoms with Gasteiger partial charge >= 0.3 is 6.01 Å². The minimum absolute atomic E-state index is 0.183. The number of ether oxygens (including phenoxy) is 1. The molecule has 0 atom stereocenters. The van der Waals surface area contributed by atoms with Gasteiger partial charge in [-0.2, -0.15) is 15.0 Å². The number of methoxy groups -OCH3 is 1. The topological polar surface area (TPSA) is 51.1 Å². The average Bonchev–Trinajstić information content (AvgIpc) is 2.29. The van der Waals surface area contributed by atoms with E-state index < -0.39 is 0 Å². The molecule has 1 aromatic heterocycles. The van der Waals surface area contributed by atoms with E-state index >= 15 is 0 Å². The summed E-state index contributed by atoms with van der Waals surface area (Å²) in [6.45, 7) is 1.95. The molecule has 0 saturated carbocycles. The maximum atomic E-state index is 5.78. The average molecular weight is 229 g/mol. The van der Waals surface area contributed by atoms with Gasteiger partial charge < -0.3 is 9.64 Å². The first kappa shape index (κ1) is 10.4. The van der Waals surface area contributed by atoms with Crippen LogP contribution in [0, 0.1) is 0 Å². The Hall–Kier alpha value is -1.10. The Balaban J connectivity index is 2.22. The molecule has 0 radical (unpaired) electrons. The monoisotopic (exact) mass is 228 g/mol. The molecule has 0 spiro atoms. The van der Waals surface area contributed by atoms with Crippen LogP contribution in [0.15, 0.2) is 0 Å². The summed E-state index contributed by atoms with van der Waals surface area (Å²) in [6.07, 6.45) is 3.61. The van der Waals surface area contributed by atoms with Crippen molar-refractivity contribution in [2.75, 3.05) is 25.1 Å². The summed E-state index contributed by atoms with van der Waals surface area (Å²) < 4.78 is 4.95. The largest absolute Gasteiger partial charge is 0.467 e. The lowest BCUT2D eigenvalue weighted by atomic mass is 10.1. The Kier molecular flexibility index (Phi) is 3.20. The van der Waals surface area contributed by atoms with Gasteiger partial charge in [0.05, 0.1) is 7.11 Å². The fraction of sp³-hybridized carbons (Fsp3) is 0.667. The minimum atomic E-state index is 0.183. The molecule has 1 aliphatic heterocycles. The molecule has 0 aromatic carbocycles. The van der Waals surface area contributed by atoms with Gasteiger partial charge in [-0.1, -0.05) is 0 Å². The molecule has 1 fully saturated rings. The molecule has 1 saturated heterocycles. The number of anilines is 1. The molecule has 2 rings (SSSR count). The zero-order valence-electron chi connectivity index (χ0n) is 8.61. The van der Waals surface area contributed by atoms with E-state index in [2.05, 4.69) is 19.9 Å². The summed E-state index contributed by atoms with van der Waals surface area (Å²) >= 11 is 5.78. The van der Waals surface area contributed by atoms with Crippen LogP contribution in [0.4, 0.5) is 5.95 Å². The normalized spacial score (nSPS) is 16.5. The highest BCUT2D eigenvalue weighted by Crippen LogP contribution is 2.18. The van der Waals surface area contributed by atoms with Gasteiger partial charge in [0, 0.05) is 13.1 Å². The molecular formula is C9H13ClN4O. The maximum Gasteiger partial charge on any atom is 0.322 e. The lowest BCUT2D eigenvalue weighted by molar-refractivity contribution is 0.377.